The molecular weight excluding hydrogens is 400 g/mol. The van der Waals surface area contributed by atoms with Crippen molar-refractivity contribution in [3.05, 3.63) is 71.1 Å². The molecule has 8 heteroatoms. The zero-order chi connectivity index (χ0) is 21.2. The van der Waals surface area contributed by atoms with Crippen molar-refractivity contribution in [1.29, 1.82) is 0 Å². The van der Waals surface area contributed by atoms with Crippen LogP contribution in [0.3, 0.4) is 0 Å². The largest absolute Gasteiger partial charge is 0.467 e. The molecule has 2 heterocycles. The highest BCUT2D eigenvalue weighted by Gasteiger charge is 2.22. The molecule has 7 nitrogen and oxygen atoms in total. The molecule has 0 saturated carbocycles. The van der Waals surface area contributed by atoms with Crippen molar-refractivity contribution < 1.29 is 14.0 Å². The Bertz CT molecular complexity index is 925. The van der Waals surface area contributed by atoms with Gasteiger partial charge in [0.2, 0.25) is 5.91 Å². The molecule has 3 aromatic rings. The van der Waals surface area contributed by atoms with Gasteiger partial charge in [0.15, 0.2) is 5.13 Å². The van der Waals surface area contributed by atoms with Crippen LogP contribution in [0.25, 0.3) is 0 Å². The second kappa shape index (κ2) is 11.2. The van der Waals surface area contributed by atoms with Gasteiger partial charge in [0.05, 0.1) is 12.8 Å². The van der Waals surface area contributed by atoms with Gasteiger partial charge in [-0.1, -0.05) is 43.7 Å². The lowest BCUT2D eigenvalue weighted by Crippen LogP contribution is -2.40. The summed E-state index contributed by atoms with van der Waals surface area (Å²) >= 11 is 1.40. The summed E-state index contributed by atoms with van der Waals surface area (Å²) in [6.07, 6.45) is 3.68. The van der Waals surface area contributed by atoms with Gasteiger partial charge < -0.3 is 20.0 Å². The van der Waals surface area contributed by atoms with Crippen LogP contribution < -0.4 is 10.6 Å². The van der Waals surface area contributed by atoms with Crippen molar-refractivity contribution in [2.75, 3.05) is 18.4 Å². The Morgan fingerprint density at radius 3 is 2.73 bits per heavy atom. The smallest absolute Gasteiger partial charge is 0.274 e. The molecule has 2 amide bonds. The van der Waals surface area contributed by atoms with Crippen LogP contribution in [0.2, 0.25) is 0 Å². The fourth-order valence-corrected chi connectivity index (χ4v) is 3.53. The second-order valence-corrected chi connectivity index (χ2v) is 7.68. The number of carbonyl (C=O) groups excluding carboxylic acids is 2. The zero-order valence-electron chi connectivity index (χ0n) is 17.0. The van der Waals surface area contributed by atoms with Gasteiger partial charge in [0.25, 0.3) is 5.91 Å². The summed E-state index contributed by atoms with van der Waals surface area (Å²) in [4.78, 5) is 31.5. The number of carbonyl (C=O) groups is 2. The molecule has 158 valence electrons. The van der Waals surface area contributed by atoms with Crippen molar-refractivity contribution in [1.82, 2.24) is 15.2 Å². The number of amides is 2. The summed E-state index contributed by atoms with van der Waals surface area (Å²) in [5, 5.41) is 8.47. The molecule has 2 N–H and O–H groups in total. The van der Waals surface area contributed by atoms with E-state index in [1.807, 2.05) is 30.3 Å². The number of anilines is 1. The molecule has 0 fully saturated rings. The van der Waals surface area contributed by atoms with E-state index in [2.05, 4.69) is 22.5 Å². The van der Waals surface area contributed by atoms with Gasteiger partial charge in [-0.2, -0.15) is 0 Å². The summed E-state index contributed by atoms with van der Waals surface area (Å²) in [5.41, 5.74) is 1.29. The second-order valence-electron chi connectivity index (χ2n) is 6.82. The van der Waals surface area contributed by atoms with Crippen LogP contribution in [0.5, 0.6) is 0 Å². The predicted octanol–water partition coefficient (Wildman–Crippen LogP) is 3.91. The highest BCUT2D eigenvalue weighted by Crippen LogP contribution is 2.18. The highest BCUT2D eigenvalue weighted by molar-refractivity contribution is 7.13. The fourth-order valence-electron chi connectivity index (χ4n) is 2.82. The maximum Gasteiger partial charge on any atom is 0.274 e. The number of aromatic nitrogens is 1. The Morgan fingerprint density at radius 1 is 1.17 bits per heavy atom. The molecule has 1 aromatic carbocycles. The quantitative estimate of drug-likeness (QED) is 0.454. The topological polar surface area (TPSA) is 87.5 Å². The van der Waals surface area contributed by atoms with E-state index < -0.39 is 0 Å². The SMILES string of the molecule is CCCCNc1nc(C(=O)N(CC(=O)NCc2ccco2)Cc2ccccc2)cs1. The average molecular weight is 427 g/mol. The van der Waals surface area contributed by atoms with Crippen molar-refractivity contribution in [2.45, 2.75) is 32.9 Å². The van der Waals surface area contributed by atoms with Gasteiger partial charge in [-0.3, -0.25) is 9.59 Å². The summed E-state index contributed by atoms with van der Waals surface area (Å²) in [7, 11) is 0. The van der Waals surface area contributed by atoms with Crippen LogP contribution in [-0.4, -0.2) is 34.8 Å². The Kier molecular flexibility index (Phi) is 8.02. The minimum atomic E-state index is -0.271. The van der Waals surface area contributed by atoms with Gasteiger partial charge in [-0.05, 0) is 24.1 Å². The number of unbranched alkanes of at least 4 members (excludes halogenated alkanes) is 1. The van der Waals surface area contributed by atoms with E-state index in [-0.39, 0.29) is 24.9 Å². The number of furan rings is 1. The van der Waals surface area contributed by atoms with Crippen molar-refractivity contribution in [2.24, 2.45) is 0 Å². The van der Waals surface area contributed by atoms with E-state index in [1.54, 1.807) is 23.8 Å². The summed E-state index contributed by atoms with van der Waals surface area (Å²) in [5.74, 6) is 0.130. The molecule has 0 aliphatic carbocycles. The average Bonchev–Trinajstić information content (AvgIpc) is 3.44. The van der Waals surface area contributed by atoms with Gasteiger partial charge in [-0.15, -0.1) is 11.3 Å². The van der Waals surface area contributed by atoms with Crippen molar-refractivity contribution >= 4 is 28.3 Å². The standard InChI is InChI=1S/C22H26N4O3S/c1-2-3-11-23-22-25-19(16-30-22)21(28)26(14-17-8-5-4-6-9-17)15-20(27)24-13-18-10-7-12-29-18/h4-10,12,16H,2-3,11,13-15H2,1H3,(H,23,25)(H,24,27). The predicted molar refractivity (Wildman–Crippen MR) is 117 cm³/mol. The molecule has 0 aliphatic rings. The van der Waals surface area contributed by atoms with E-state index in [9.17, 15) is 9.59 Å². The van der Waals surface area contributed by atoms with Crippen LogP contribution in [0.1, 0.15) is 41.6 Å². The Hall–Kier alpha value is -3.13. The van der Waals surface area contributed by atoms with Crippen LogP contribution in [-0.2, 0) is 17.9 Å². The molecule has 2 aromatic heterocycles. The first-order valence-corrected chi connectivity index (χ1v) is 10.9. The van der Waals surface area contributed by atoms with E-state index in [4.69, 9.17) is 4.42 Å². The lowest BCUT2D eigenvalue weighted by molar-refractivity contribution is -0.122. The Balaban J connectivity index is 1.66. The highest BCUT2D eigenvalue weighted by atomic mass is 32.1. The zero-order valence-corrected chi connectivity index (χ0v) is 17.8. The van der Waals surface area contributed by atoms with Crippen molar-refractivity contribution in [3.63, 3.8) is 0 Å². The maximum absolute atomic E-state index is 13.1. The van der Waals surface area contributed by atoms with E-state index in [0.29, 0.717) is 23.1 Å². The van der Waals surface area contributed by atoms with E-state index in [0.717, 1.165) is 24.9 Å². The van der Waals surface area contributed by atoms with Gasteiger partial charge >= 0.3 is 0 Å². The Morgan fingerprint density at radius 2 is 2.00 bits per heavy atom. The minimum Gasteiger partial charge on any atom is -0.467 e. The molecule has 0 saturated heterocycles. The normalized spacial score (nSPS) is 10.6. The molecule has 30 heavy (non-hydrogen) atoms. The van der Waals surface area contributed by atoms with Crippen LogP contribution in [0.4, 0.5) is 5.13 Å². The molecule has 0 bridgehead atoms. The first-order valence-electron chi connectivity index (χ1n) is 9.97. The first kappa shape index (κ1) is 21.6. The monoisotopic (exact) mass is 426 g/mol. The number of thiazole rings is 1. The molecule has 3 rings (SSSR count). The van der Waals surface area contributed by atoms with Crippen LogP contribution in [0.15, 0.2) is 58.5 Å². The van der Waals surface area contributed by atoms with Crippen LogP contribution >= 0.6 is 11.3 Å². The number of nitrogens with one attached hydrogen (secondary N) is 2. The summed E-state index contributed by atoms with van der Waals surface area (Å²) in [6.45, 7) is 3.48. The Labute approximate surface area is 180 Å². The molecule has 0 unspecified atom stereocenters. The summed E-state index contributed by atoms with van der Waals surface area (Å²) < 4.78 is 5.23. The first-order chi connectivity index (χ1) is 14.7. The van der Waals surface area contributed by atoms with Crippen molar-refractivity contribution in [3.8, 4) is 0 Å². The molecule has 0 radical (unpaired) electrons. The van der Waals surface area contributed by atoms with E-state index in [1.165, 1.54) is 16.2 Å². The summed E-state index contributed by atoms with van der Waals surface area (Å²) in [6, 6.07) is 13.2. The van der Waals surface area contributed by atoms with Gasteiger partial charge in [-0.25, -0.2) is 4.98 Å². The lowest BCUT2D eigenvalue weighted by atomic mass is 10.2. The van der Waals surface area contributed by atoms with Gasteiger partial charge in [0, 0.05) is 18.5 Å². The lowest BCUT2D eigenvalue weighted by Gasteiger charge is -2.21. The number of hydrogen-bond acceptors (Lipinski definition) is 6. The third kappa shape index (κ3) is 6.45. The van der Waals surface area contributed by atoms with Crippen LogP contribution in [0, 0.1) is 0 Å². The molecule has 0 atom stereocenters. The number of rotatable bonds is 11. The minimum absolute atomic E-state index is 0.0649. The van der Waals surface area contributed by atoms with E-state index >= 15 is 0 Å². The fraction of sp³-hybridized carbons (Fsp3) is 0.318. The van der Waals surface area contributed by atoms with Gasteiger partial charge in [0.1, 0.15) is 18.0 Å². The number of benzene rings is 1. The molecule has 0 aliphatic heterocycles. The number of nitrogens with zero attached hydrogens (tertiary/aromatic N) is 2. The number of hydrogen-bond donors (Lipinski definition) is 2. The maximum atomic E-state index is 13.1. The molecule has 0 spiro atoms. The third-order valence-electron chi connectivity index (χ3n) is 4.41. The third-order valence-corrected chi connectivity index (χ3v) is 5.21. The molecular formula is C22H26N4O3S.